The number of likely N-dealkylation sites (tertiary alicyclic amines) is 1. The number of hydrogen-bond acceptors (Lipinski definition) is 3. The largest absolute Gasteiger partial charge is 0.323 e. The van der Waals surface area contributed by atoms with Crippen molar-refractivity contribution in [3.05, 3.63) is 35.6 Å². The van der Waals surface area contributed by atoms with Crippen molar-refractivity contribution in [3.8, 4) is 0 Å². The van der Waals surface area contributed by atoms with E-state index >= 15 is 0 Å². The molecule has 0 spiro atoms. The Bertz CT molecular complexity index is 373. The van der Waals surface area contributed by atoms with Crippen LogP contribution in [-0.2, 0) is 0 Å². The Hall–Kier alpha value is -0.970. The van der Waals surface area contributed by atoms with Crippen LogP contribution in [0.3, 0.4) is 0 Å². The smallest absolute Gasteiger partial charge is 0.123 e. The highest BCUT2D eigenvalue weighted by Crippen LogP contribution is 2.12. The van der Waals surface area contributed by atoms with Gasteiger partial charge in [-0.2, -0.15) is 0 Å². The molecule has 1 heterocycles. The molecule has 2 N–H and O–H groups in total. The zero-order chi connectivity index (χ0) is 13.7. The Kier molecular flexibility index (Phi) is 5.31. The molecule has 0 aromatic heterocycles. The molecule has 1 aromatic rings. The molecule has 1 fully saturated rings. The van der Waals surface area contributed by atoms with Gasteiger partial charge in [0.1, 0.15) is 5.82 Å². The van der Waals surface area contributed by atoms with Crippen molar-refractivity contribution in [2.75, 3.05) is 39.8 Å². The Balaban J connectivity index is 1.74. The van der Waals surface area contributed by atoms with Gasteiger partial charge in [0.25, 0.3) is 0 Å². The Morgan fingerprint density at radius 1 is 1.26 bits per heavy atom. The summed E-state index contributed by atoms with van der Waals surface area (Å²) in [6.45, 7) is 5.43. The molecule has 0 radical (unpaired) electrons. The molecule has 2 rings (SSSR count). The first kappa shape index (κ1) is 14.4. The van der Waals surface area contributed by atoms with E-state index in [1.54, 1.807) is 12.1 Å². The zero-order valence-corrected chi connectivity index (χ0v) is 11.7. The highest BCUT2D eigenvalue weighted by atomic mass is 19.1. The van der Waals surface area contributed by atoms with E-state index in [1.165, 1.54) is 38.1 Å². The summed E-state index contributed by atoms with van der Waals surface area (Å²) in [6.07, 6.45) is 2.66. The molecule has 1 unspecified atom stereocenters. The van der Waals surface area contributed by atoms with Crippen LogP contribution in [0.1, 0.15) is 24.4 Å². The van der Waals surface area contributed by atoms with E-state index in [9.17, 15) is 4.39 Å². The maximum Gasteiger partial charge on any atom is 0.123 e. The molecule has 1 aromatic carbocycles. The van der Waals surface area contributed by atoms with Crippen molar-refractivity contribution in [1.29, 1.82) is 0 Å². The van der Waals surface area contributed by atoms with Gasteiger partial charge in [-0.15, -0.1) is 0 Å². The SMILES string of the molecule is CN(CCN1CCCC1)CC(N)c1ccc(F)cc1. The zero-order valence-electron chi connectivity index (χ0n) is 11.7. The third-order valence-electron chi connectivity index (χ3n) is 3.80. The van der Waals surface area contributed by atoms with Crippen LogP contribution in [0.25, 0.3) is 0 Å². The van der Waals surface area contributed by atoms with Crippen LogP contribution in [0, 0.1) is 5.82 Å². The highest BCUT2D eigenvalue weighted by Gasteiger charge is 2.13. The normalized spacial score (nSPS) is 18.1. The molecule has 1 aliphatic rings. The number of likely N-dealkylation sites (N-methyl/N-ethyl adjacent to an activating group) is 1. The van der Waals surface area contributed by atoms with Crippen LogP contribution >= 0.6 is 0 Å². The molecule has 1 saturated heterocycles. The molecular formula is C15H24FN3. The number of hydrogen-bond donors (Lipinski definition) is 1. The molecule has 1 aliphatic heterocycles. The predicted octanol–water partition coefficient (Wildman–Crippen LogP) is 1.85. The lowest BCUT2D eigenvalue weighted by atomic mass is 10.1. The van der Waals surface area contributed by atoms with Gasteiger partial charge in [-0.1, -0.05) is 12.1 Å². The number of benzene rings is 1. The summed E-state index contributed by atoms with van der Waals surface area (Å²) >= 11 is 0. The minimum atomic E-state index is -0.210. The monoisotopic (exact) mass is 265 g/mol. The number of nitrogens with zero attached hydrogens (tertiary/aromatic N) is 2. The molecule has 0 amide bonds. The van der Waals surface area contributed by atoms with Gasteiger partial charge in [0.15, 0.2) is 0 Å². The van der Waals surface area contributed by atoms with Gasteiger partial charge in [0, 0.05) is 25.7 Å². The van der Waals surface area contributed by atoms with Crippen molar-refractivity contribution in [1.82, 2.24) is 9.80 Å². The lowest BCUT2D eigenvalue weighted by Gasteiger charge is -2.24. The van der Waals surface area contributed by atoms with Crippen molar-refractivity contribution >= 4 is 0 Å². The van der Waals surface area contributed by atoms with E-state index in [0.717, 1.165) is 25.2 Å². The number of rotatable bonds is 6. The summed E-state index contributed by atoms with van der Waals surface area (Å²) in [5.74, 6) is -0.210. The van der Waals surface area contributed by atoms with E-state index in [1.807, 2.05) is 0 Å². The van der Waals surface area contributed by atoms with Crippen LogP contribution < -0.4 is 5.73 Å². The molecule has 0 aliphatic carbocycles. The van der Waals surface area contributed by atoms with Gasteiger partial charge in [-0.25, -0.2) is 4.39 Å². The van der Waals surface area contributed by atoms with Gasteiger partial charge in [-0.3, -0.25) is 0 Å². The Morgan fingerprint density at radius 2 is 1.89 bits per heavy atom. The standard InChI is InChI=1S/C15H24FN3/c1-18(10-11-19-8-2-3-9-19)12-15(17)13-4-6-14(16)7-5-13/h4-7,15H,2-3,8-12,17H2,1H3. The second-order valence-electron chi connectivity index (χ2n) is 5.47. The van der Waals surface area contributed by atoms with Gasteiger partial charge in [-0.05, 0) is 50.7 Å². The van der Waals surface area contributed by atoms with E-state index in [-0.39, 0.29) is 11.9 Å². The Labute approximate surface area is 115 Å². The molecule has 4 heteroatoms. The maximum absolute atomic E-state index is 12.8. The van der Waals surface area contributed by atoms with Crippen molar-refractivity contribution < 1.29 is 4.39 Å². The summed E-state index contributed by atoms with van der Waals surface area (Å²) in [6, 6.07) is 6.44. The van der Waals surface area contributed by atoms with E-state index in [0.29, 0.717) is 0 Å². The highest BCUT2D eigenvalue weighted by molar-refractivity contribution is 5.19. The minimum absolute atomic E-state index is 0.0517. The van der Waals surface area contributed by atoms with Gasteiger partial charge >= 0.3 is 0 Å². The quantitative estimate of drug-likeness (QED) is 0.852. The average molecular weight is 265 g/mol. The minimum Gasteiger partial charge on any atom is -0.323 e. The summed E-state index contributed by atoms with van der Waals surface area (Å²) in [4.78, 5) is 4.76. The fourth-order valence-corrected chi connectivity index (χ4v) is 2.56. The summed E-state index contributed by atoms with van der Waals surface area (Å²) in [5.41, 5.74) is 7.15. The van der Waals surface area contributed by atoms with Crippen molar-refractivity contribution in [2.24, 2.45) is 5.73 Å². The lowest BCUT2D eigenvalue weighted by Crippen LogP contribution is -2.35. The molecule has 106 valence electrons. The summed E-state index contributed by atoms with van der Waals surface area (Å²) in [5, 5.41) is 0. The first-order chi connectivity index (χ1) is 9.15. The second kappa shape index (κ2) is 6.98. The third-order valence-corrected chi connectivity index (χ3v) is 3.80. The fourth-order valence-electron chi connectivity index (χ4n) is 2.56. The molecule has 1 atom stereocenters. The van der Waals surface area contributed by atoms with Crippen LogP contribution in [0.5, 0.6) is 0 Å². The van der Waals surface area contributed by atoms with Crippen LogP contribution in [-0.4, -0.2) is 49.6 Å². The van der Waals surface area contributed by atoms with E-state index in [2.05, 4.69) is 16.8 Å². The van der Waals surface area contributed by atoms with Crippen LogP contribution in [0.4, 0.5) is 4.39 Å². The van der Waals surface area contributed by atoms with Crippen LogP contribution in [0.2, 0.25) is 0 Å². The molecular weight excluding hydrogens is 241 g/mol. The first-order valence-corrected chi connectivity index (χ1v) is 7.07. The lowest BCUT2D eigenvalue weighted by molar-refractivity contribution is 0.248. The number of nitrogens with two attached hydrogens (primary N) is 1. The first-order valence-electron chi connectivity index (χ1n) is 7.07. The molecule has 0 bridgehead atoms. The summed E-state index contributed by atoms with van der Waals surface area (Å²) in [7, 11) is 2.10. The van der Waals surface area contributed by atoms with Gasteiger partial charge in [0.2, 0.25) is 0 Å². The number of halogens is 1. The molecule has 0 saturated carbocycles. The Morgan fingerprint density at radius 3 is 2.53 bits per heavy atom. The van der Waals surface area contributed by atoms with E-state index in [4.69, 9.17) is 5.73 Å². The molecule has 3 nitrogen and oxygen atoms in total. The van der Waals surface area contributed by atoms with Gasteiger partial charge in [0.05, 0.1) is 0 Å². The van der Waals surface area contributed by atoms with Crippen molar-refractivity contribution in [2.45, 2.75) is 18.9 Å². The van der Waals surface area contributed by atoms with Crippen LogP contribution in [0.15, 0.2) is 24.3 Å². The van der Waals surface area contributed by atoms with Crippen molar-refractivity contribution in [3.63, 3.8) is 0 Å². The topological polar surface area (TPSA) is 32.5 Å². The second-order valence-corrected chi connectivity index (χ2v) is 5.47. The maximum atomic E-state index is 12.8. The third kappa shape index (κ3) is 4.56. The summed E-state index contributed by atoms with van der Waals surface area (Å²) < 4.78 is 12.8. The average Bonchev–Trinajstić information content (AvgIpc) is 2.90. The molecule has 19 heavy (non-hydrogen) atoms. The van der Waals surface area contributed by atoms with Gasteiger partial charge < -0.3 is 15.5 Å². The fraction of sp³-hybridized carbons (Fsp3) is 0.600. The predicted molar refractivity (Wildman–Crippen MR) is 76.5 cm³/mol. The van der Waals surface area contributed by atoms with E-state index < -0.39 is 0 Å².